The van der Waals surface area contributed by atoms with Gasteiger partial charge in [-0.25, -0.2) is 0 Å². The Bertz CT molecular complexity index is 558. The van der Waals surface area contributed by atoms with Gasteiger partial charge in [-0.1, -0.05) is 19.9 Å². The van der Waals surface area contributed by atoms with Crippen LogP contribution >= 0.6 is 0 Å². The molecule has 1 aromatic carbocycles. The number of nitrogens with two attached hydrogens (primary N) is 1. The van der Waals surface area contributed by atoms with E-state index in [0.29, 0.717) is 0 Å². The summed E-state index contributed by atoms with van der Waals surface area (Å²) in [7, 11) is 0. The van der Waals surface area contributed by atoms with E-state index in [1.807, 2.05) is 24.3 Å². The first-order valence-corrected chi connectivity index (χ1v) is 6.14. The molecule has 1 aliphatic rings. The predicted octanol–water partition coefficient (Wildman–Crippen LogP) is 3.00. The summed E-state index contributed by atoms with van der Waals surface area (Å²) in [6, 6.07) is 9.68. The van der Waals surface area contributed by atoms with Gasteiger partial charge in [-0.05, 0) is 29.8 Å². The zero-order valence-electron chi connectivity index (χ0n) is 10.6. The number of furan rings is 1. The molecule has 3 heteroatoms. The van der Waals surface area contributed by atoms with Gasteiger partial charge in [0.05, 0.1) is 18.9 Å². The topological polar surface area (TPSA) is 48.4 Å². The fourth-order valence-electron chi connectivity index (χ4n) is 2.36. The summed E-state index contributed by atoms with van der Waals surface area (Å²) in [5.41, 5.74) is 8.54. The Morgan fingerprint density at radius 3 is 2.83 bits per heavy atom. The standard InChI is InChI=1S/C15H17NO2/c1-15(2)9-18-12-6-5-10(8-11(12)15)14(16)13-4-3-7-17-13/h3-8,14H,9,16H2,1-2H3. The van der Waals surface area contributed by atoms with Crippen molar-refractivity contribution in [1.82, 2.24) is 0 Å². The highest BCUT2D eigenvalue weighted by atomic mass is 16.5. The summed E-state index contributed by atoms with van der Waals surface area (Å²) < 4.78 is 11.0. The molecular weight excluding hydrogens is 226 g/mol. The van der Waals surface area contributed by atoms with Gasteiger partial charge >= 0.3 is 0 Å². The number of hydrogen-bond donors (Lipinski definition) is 1. The molecule has 2 aromatic rings. The maximum Gasteiger partial charge on any atom is 0.124 e. The van der Waals surface area contributed by atoms with Gasteiger partial charge in [0.1, 0.15) is 11.5 Å². The molecule has 1 atom stereocenters. The Morgan fingerprint density at radius 1 is 1.28 bits per heavy atom. The van der Waals surface area contributed by atoms with Crippen molar-refractivity contribution < 1.29 is 9.15 Å². The highest BCUT2D eigenvalue weighted by Gasteiger charge is 2.32. The maximum atomic E-state index is 6.21. The molecule has 1 unspecified atom stereocenters. The van der Waals surface area contributed by atoms with Crippen LogP contribution in [0, 0.1) is 0 Å². The lowest BCUT2D eigenvalue weighted by molar-refractivity contribution is 0.291. The molecule has 0 radical (unpaired) electrons. The summed E-state index contributed by atoms with van der Waals surface area (Å²) >= 11 is 0. The number of ether oxygens (including phenoxy) is 1. The monoisotopic (exact) mass is 243 g/mol. The van der Waals surface area contributed by atoms with Gasteiger partial charge in [0.2, 0.25) is 0 Å². The van der Waals surface area contributed by atoms with Crippen LogP contribution in [-0.4, -0.2) is 6.61 Å². The first kappa shape index (κ1) is 11.4. The number of fused-ring (bicyclic) bond motifs is 1. The van der Waals surface area contributed by atoms with Crippen LogP contribution in [0.2, 0.25) is 0 Å². The van der Waals surface area contributed by atoms with Crippen LogP contribution in [0.5, 0.6) is 5.75 Å². The lowest BCUT2D eigenvalue weighted by Crippen LogP contribution is -2.19. The Labute approximate surface area is 107 Å². The quantitative estimate of drug-likeness (QED) is 0.882. The summed E-state index contributed by atoms with van der Waals surface area (Å²) in [5, 5.41) is 0. The molecule has 94 valence electrons. The zero-order valence-corrected chi connectivity index (χ0v) is 10.6. The van der Waals surface area contributed by atoms with Crippen LogP contribution in [0.3, 0.4) is 0 Å². The minimum Gasteiger partial charge on any atom is -0.492 e. The van der Waals surface area contributed by atoms with Crippen molar-refractivity contribution in [3.63, 3.8) is 0 Å². The summed E-state index contributed by atoms with van der Waals surface area (Å²) in [6.07, 6.45) is 1.65. The summed E-state index contributed by atoms with van der Waals surface area (Å²) in [4.78, 5) is 0. The summed E-state index contributed by atoms with van der Waals surface area (Å²) in [6.45, 7) is 5.09. The van der Waals surface area contributed by atoms with E-state index in [-0.39, 0.29) is 11.5 Å². The molecule has 0 bridgehead atoms. The third kappa shape index (κ3) is 1.71. The van der Waals surface area contributed by atoms with Crippen molar-refractivity contribution in [2.75, 3.05) is 6.61 Å². The normalized spacial score (nSPS) is 18.2. The first-order chi connectivity index (χ1) is 8.58. The fourth-order valence-corrected chi connectivity index (χ4v) is 2.36. The predicted molar refractivity (Wildman–Crippen MR) is 69.7 cm³/mol. The Morgan fingerprint density at radius 2 is 2.11 bits per heavy atom. The second kappa shape index (κ2) is 3.89. The second-order valence-corrected chi connectivity index (χ2v) is 5.42. The van der Waals surface area contributed by atoms with E-state index in [1.165, 1.54) is 5.56 Å². The molecule has 0 saturated heterocycles. The van der Waals surface area contributed by atoms with Crippen molar-refractivity contribution in [3.05, 3.63) is 53.5 Å². The molecule has 3 rings (SSSR count). The van der Waals surface area contributed by atoms with Crippen LogP contribution in [-0.2, 0) is 5.41 Å². The third-order valence-corrected chi connectivity index (χ3v) is 3.53. The van der Waals surface area contributed by atoms with E-state index in [1.54, 1.807) is 6.26 Å². The minimum absolute atomic E-state index is 0.0498. The highest BCUT2D eigenvalue weighted by molar-refractivity contribution is 5.46. The zero-order chi connectivity index (χ0) is 12.8. The van der Waals surface area contributed by atoms with Crippen LogP contribution < -0.4 is 10.5 Å². The third-order valence-electron chi connectivity index (χ3n) is 3.53. The molecule has 1 aromatic heterocycles. The molecule has 2 heterocycles. The molecule has 18 heavy (non-hydrogen) atoms. The van der Waals surface area contributed by atoms with E-state index in [2.05, 4.69) is 19.9 Å². The molecule has 1 aliphatic heterocycles. The van der Waals surface area contributed by atoms with Crippen molar-refractivity contribution >= 4 is 0 Å². The van der Waals surface area contributed by atoms with Gasteiger partial charge in [-0.3, -0.25) is 0 Å². The van der Waals surface area contributed by atoms with Crippen LogP contribution in [0.15, 0.2) is 41.0 Å². The second-order valence-electron chi connectivity index (χ2n) is 5.42. The lowest BCUT2D eigenvalue weighted by Gasteiger charge is -2.17. The van der Waals surface area contributed by atoms with Crippen LogP contribution in [0.4, 0.5) is 0 Å². The van der Waals surface area contributed by atoms with Crippen molar-refractivity contribution in [1.29, 1.82) is 0 Å². The van der Waals surface area contributed by atoms with Crippen molar-refractivity contribution in [2.45, 2.75) is 25.3 Å². The molecular formula is C15H17NO2. The molecule has 0 amide bonds. The minimum atomic E-state index is -0.221. The van der Waals surface area contributed by atoms with Gasteiger partial charge in [0.25, 0.3) is 0 Å². The van der Waals surface area contributed by atoms with Crippen LogP contribution in [0.1, 0.15) is 36.8 Å². The molecule has 0 aliphatic carbocycles. The molecule has 0 fully saturated rings. The van der Waals surface area contributed by atoms with E-state index >= 15 is 0 Å². The van der Waals surface area contributed by atoms with E-state index in [0.717, 1.165) is 23.7 Å². The SMILES string of the molecule is CC1(C)COc2ccc(C(N)c3ccco3)cc21. The molecule has 0 spiro atoms. The smallest absolute Gasteiger partial charge is 0.124 e. The van der Waals surface area contributed by atoms with Gasteiger partial charge < -0.3 is 14.9 Å². The molecule has 0 saturated carbocycles. The van der Waals surface area contributed by atoms with E-state index < -0.39 is 0 Å². The molecule has 2 N–H and O–H groups in total. The van der Waals surface area contributed by atoms with Gasteiger partial charge in [-0.2, -0.15) is 0 Å². The Balaban J connectivity index is 2.00. The average molecular weight is 243 g/mol. The first-order valence-electron chi connectivity index (χ1n) is 6.14. The van der Waals surface area contributed by atoms with Crippen molar-refractivity contribution in [3.8, 4) is 5.75 Å². The average Bonchev–Trinajstić information content (AvgIpc) is 2.97. The van der Waals surface area contributed by atoms with Gasteiger partial charge in [0, 0.05) is 11.0 Å². The molecule has 3 nitrogen and oxygen atoms in total. The van der Waals surface area contributed by atoms with Gasteiger partial charge in [0.15, 0.2) is 0 Å². The summed E-state index contributed by atoms with van der Waals surface area (Å²) in [5.74, 6) is 1.75. The Kier molecular flexibility index (Phi) is 2.45. The van der Waals surface area contributed by atoms with Crippen molar-refractivity contribution in [2.24, 2.45) is 5.73 Å². The van der Waals surface area contributed by atoms with E-state index in [9.17, 15) is 0 Å². The Hall–Kier alpha value is -1.74. The largest absolute Gasteiger partial charge is 0.492 e. The van der Waals surface area contributed by atoms with Gasteiger partial charge in [-0.15, -0.1) is 0 Å². The number of hydrogen-bond acceptors (Lipinski definition) is 3. The maximum absolute atomic E-state index is 6.21. The number of rotatable bonds is 2. The highest BCUT2D eigenvalue weighted by Crippen LogP contribution is 2.39. The fraction of sp³-hybridized carbons (Fsp3) is 0.333. The van der Waals surface area contributed by atoms with Crippen LogP contribution in [0.25, 0.3) is 0 Å². The lowest BCUT2D eigenvalue weighted by atomic mass is 9.85. The number of benzene rings is 1. The van der Waals surface area contributed by atoms with E-state index in [4.69, 9.17) is 14.9 Å².